The van der Waals surface area contributed by atoms with Crippen LogP contribution in [0.15, 0.2) is 24.5 Å². The van der Waals surface area contributed by atoms with Gasteiger partial charge in [-0.05, 0) is 12.5 Å². The van der Waals surface area contributed by atoms with E-state index in [1.165, 1.54) is 13.3 Å². The third kappa shape index (κ3) is 4.29. The van der Waals surface area contributed by atoms with Gasteiger partial charge in [-0.25, -0.2) is 9.97 Å². The number of morpholine rings is 1. The van der Waals surface area contributed by atoms with E-state index in [9.17, 15) is 10.1 Å². The van der Waals surface area contributed by atoms with Crippen molar-refractivity contribution in [1.29, 1.82) is 5.26 Å². The minimum absolute atomic E-state index is 0.105. The minimum atomic E-state index is -0.105. The molecule has 1 saturated heterocycles. The summed E-state index contributed by atoms with van der Waals surface area (Å²) in [5.74, 6) is 1.29. The first-order valence-corrected chi connectivity index (χ1v) is 10.5. The maximum Gasteiger partial charge on any atom is 0.255 e. The van der Waals surface area contributed by atoms with Gasteiger partial charge in [0, 0.05) is 38.1 Å². The van der Waals surface area contributed by atoms with Crippen molar-refractivity contribution in [2.75, 3.05) is 50.6 Å². The number of nitrogens with zero attached hydrogens (tertiary/aromatic N) is 4. The number of fused-ring (bicyclic) bond motifs is 1. The summed E-state index contributed by atoms with van der Waals surface area (Å²) in [6.07, 6.45) is 4.11. The molecule has 10 heteroatoms. The molecule has 1 fully saturated rings. The molecule has 3 N–H and O–H groups in total. The van der Waals surface area contributed by atoms with E-state index < -0.39 is 0 Å². The SMILES string of the molecule is CCCNc1cc(Nc2ncc(C(=O)N3CCOCC3)cc2OC)nc2[nH]cc(C#N)c12. The van der Waals surface area contributed by atoms with Crippen LogP contribution in [0.1, 0.15) is 29.3 Å². The number of methoxy groups -OCH3 is 1. The van der Waals surface area contributed by atoms with E-state index in [-0.39, 0.29) is 5.91 Å². The number of amides is 1. The number of aromatic nitrogens is 3. The lowest BCUT2D eigenvalue weighted by molar-refractivity contribution is 0.0302. The molecule has 0 aromatic carbocycles. The number of nitriles is 1. The second kappa shape index (κ2) is 9.53. The predicted octanol–water partition coefficient (Wildman–Crippen LogP) is 2.88. The Morgan fingerprint density at radius 3 is 2.91 bits per heavy atom. The first-order valence-electron chi connectivity index (χ1n) is 10.5. The maximum absolute atomic E-state index is 12.8. The van der Waals surface area contributed by atoms with Crippen molar-refractivity contribution in [2.24, 2.45) is 0 Å². The molecular weight excluding hydrogens is 410 g/mol. The van der Waals surface area contributed by atoms with Gasteiger partial charge in [0.15, 0.2) is 11.6 Å². The third-order valence-electron chi connectivity index (χ3n) is 5.19. The van der Waals surface area contributed by atoms with Crippen molar-refractivity contribution < 1.29 is 14.3 Å². The molecule has 1 amide bonds. The minimum Gasteiger partial charge on any atom is -0.493 e. The number of aromatic amines is 1. The van der Waals surface area contributed by atoms with Gasteiger partial charge >= 0.3 is 0 Å². The van der Waals surface area contributed by atoms with Crippen molar-refractivity contribution in [2.45, 2.75) is 13.3 Å². The van der Waals surface area contributed by atoms with Crippen LogP contribution in [-0.2, 0) is 4.74 Å². The van der Waals surface area contributed by atoms with Crippen LogP contribution in [0, 0.1) is 11.3 Å². The molecule has 0 unspecified atom stereocenters. The van der Waals surface area contributed by atoms with Crippen LogP contribution >= 0.6 is 0 Å². The van der Waals surface area contributed by atoms with E-state index in [2.05, 4.69) is 38.6 Å². The molecule has 0 aliphatic carbocycles. The summed E-state index contributed by atoms with van der Waals surface area (Å²) in [6, 6.07) is 5.70. The van der Waals surface area contributed by atoms with E-state index in [0.717, 1.165) is 24.0 Å². The summed E-state index contributed by atoms with van der Waals surface area (Å²) in [7, 11) is 1.53. The molecule has 3 aromatic heterocycles. The Labute approximate surface area is 185 Å². The second-order valence-electron chi connectivity index (χ2n) is 7.32. The molecule has 166 valence electrons. The number of anilines is 3. The quantitative estimate of drug-likeness (QED) is 0.517. The lowest BCUT2D eigenvalue weighted by atomic mass is 10.2. The Morgan fingerprint density at radius 1 is 1.38 bits per heavy atom. The molecule has 4 rings (SSSR count). The summed E-state index contributed by atoms with van der Waals surface area (Å²) < 4.78 is 10.8. The fourth-order valence-corrected chi connectivity index (χ4v) is 3.57. The van der Waals surface area contributed by atoms with Gasteiger partial charge in [-0.1, -0.05) is 6.92 Å². The Kier molecular flexibility index (Phi) is 6.37. The second-order valence-corrected chi connectivity index (χ2v) is 7.32. The third-order valence-corrected chi connectivity index (χ3v) is 5.19. The zero-order chi connectivity index (χ0) is 22.5. The van der Waals surface area contributed by atoms with Crippen molar-refractivity contribution in [3.05, 3.63) is 35.7 Å². The van der Waals surface area contributed by atoms with Crippen LogP contribution in [0.2, 0.25) is 0 Å². The van der Waals surface area contributed by atoms with E-state index >= 15 is 0 Å². The lowest BCUT2D eigenvalue weighted by Gasteiger charge is -2.27. The highest BCUT2D eigenvalue weighted by atomic mass is 16.5. The zero-order valence-corrected chi connectivity index (χ0v) is 18.1. The zero-order valence-electron chi connectivity index (χ0n) is 18.1. The van der Waals surface area contributed by atoms with E-state index in [1.54, 1.807) is 17.2 Å². The van der Waals surface area contributed by atoms with Crippen molar-refractivity contribution in [3.63, 3.8) is 0 Å². The Morgan fingerprint density at radius 2 is 2.19 bits per heavy atom. The summed E-state index contributed by atoms with van der Waals surface area (Å²) in [4.78, 5) is 26.5. The molecule has 0 spiro atoms. The highest BCUT2D eigenvalue weighted by Crippen LogP contribution is 2.31. The smallest absolute Gasteiger partial charge is 0.255 e. The van der Waals surface area contributed by atoms with E-state index in [0.29, 0.717) is 60.5 Å². The van der Waals surface area contributed by atoms with Gasteiger partial charge < -0.3 is 30.0 Å². The monoisotopic (exact) mass is 435 g/mol. The summed E-state index contributed by atoms with van der Waals surface area (Å²) in [5, 5.41) is 16.7. The predicted molar refractivity (Wildman–Crippen MR) is 120 cm³/mol. The number of ether oxygens (including phenoxy) is 2. The largest absolute Gasteiger partial charge is 0.493 e. The number of H-pyrrole nitrogens is 1. The van der Waals surface area contributed by atoms with Crippen molar-refractivity contribution in [3.8, 4) is 11.8 Å². The Balaban J connectivity index is 1.63. The van der Waals surface area contributed by atoms with E-state index in [4.69, 9.17) is 9.47 Å². The summed E-state index contributed by atoms with van der Waals surface area (Å²) >= 11 is 0. The normalized spacial score (nSPS) is 13.6. The van der Waals surface area contributed by atoms with Gasteiger partial charge in [0.25, 0.3) is 5.91 Å². The van der Waals surface area contributed by atoms with Crippen LogP contribution < -0.4 is 15.4 Å². The van der Waals surface area contributed by atoms with Gasteiger partial charge in [-0.2, -0.15) is 5.26 Å². The van der Waals surface area contributed by atoms with Crippen LogP contribution in [0.4, 0.5) is 17.3 Å². The highest BCUT2D eigenvalue weighted by molar-refractivity contribution is 5.97. The number of hydrogen-bond donors (Lipinski definition) is 3. The lowest BCUT2D eigenvalue weighted by Crippen LogP contribution is -2.40. The molecule has 0 saturated carbocycles. The first-order chi connectivity index (χ1) is 15.6. The molecule has 0 atom stereocenters. The number of hydrogen-bond acceptors (Lipinski definition) is 8. The van der Waals surface area contributed by atoms with Gasteiger partial charge in [0.1, 0.15) is 17.5 Å². The summed E-state index contributed by atoms with van der Waals surface area (Å²) in [5.41, 5.74) is 2.36. The van der Waals surface area contributed by atoms with E-state index in [1.807, 2.05) is 6.07 Å². The fourth-order valence-electron chi connectivity index (χ4n) is 3.57. The maximum atomic E-state index is 12.8. The van der Waals surface area contributed by atoms with Gasteiger partial charge in [0.05, 0.1) is 42.5 Å². The van der Waals surface area contributed by atoms with Crippen LogP contribution in [0.3, 0.4) is 0 Å². The summed E-state index contributed by atoms with van der Waals surface area (Å²) in [6.45, 7) is 5.00. The number of pyridine rings is 2. The molecule has 1 aliphatic rings. The molecule has 32 heavy (non-hydrogen) atoms. The molecule has 0 bridgehead atoms. The van der Waals surface area contributed by atoms with Crippen molar-refractivity contribution in [1.82, 2.24) is 19.9 Å². The molecule has 3 aromatic rings. The van der Waals surface area contributed by atoms with Crippen LogP contribution in [0.25, 0.3) is 11.0 Å². The molecule has 0 radical (unpaired) electrons. The number of nitrogens with one attached hydrogen (secondary N) is 3. The Hall–Kier alpha value is -3.84. The van der Waals surface area contributed by atoms with Crippen molar-refractivity contribution >= 4 is 34.3 Å². The topological polar surface area (TPSA) is 128 Å². The average Bonchev–Trinajstić information content (AvgIpc) is 3.26. The molecule has 1 aliphatic heterocycles. The van der Waals surface area contributed by atoms with Gasteiger partial charge in [-0.15, -0.1) is 0 Å². The molecule has 10 nitrogen and oxygen atoms in total. The fraction of sp³-hybridized carbons (Fsp3) is 0.364. The standard InChI is InChI=1S/C22H25N7O3/c1-3-4-24-16-10-18(28-21-19(16)15(11-23)13-26-21)27-20-17(31-2)9-14(12-25-20)22(30)29-5-7-32-8-6-29/h9-10,12-13H,3-8H2,1-2H3,(H3,24,25,26,27,28). The highest BCUT2D eigenvalue weighted by Gasteiger charge is 2.21. The Bertz CT molecular complexity index is 1160. The van der Waals surface area contributed by atoms with Gasteiger partial charge in [-0.3, -0.25) is 4.79 Å². The van der Waals surface area contributed by atoms with Crippen LogP contribution in [0.5, 0.6) is 5.75 Å². The molecule has 4 heterocycles. The first kappa shape index (κ1) is 21.4. The van der Waals surface area contributed by atoms with Crippen LogP contribution in [-0.4, -0.2) is 65.7 Å². The molecular formula is C22H25N7O3. The number of carbonyl (C=O) groups excluding carboxylic acids is 1. The number of carbonyl (C=O) groups is 1. The number of rotatable bonds is 7. The van der Waals surface area contributed by atoms with Gasteiger partial charge in [0.2, 0.25) is 0 Å². The average molecular weight is 435 g/mol.